The number of rotatable bonds is 8. The van der Waals surface area contributed by atoms with Crippen molar-refractivity contribution in [2.45, 2.75) is 13.1 Å². The highest BCUT2D eigenvalue weighted by atomic mass is 16.5. The van der Waals surface area contributed by atoms with Gasteiger partial charge in [0, 0.05) is 26.3 Å². The number of imide groups is 1. The maximum atomic E-state index is 13.2. The molecule has 3 amide bonds. The highest BCUT2D eigenvalue weighted by Crippen LogP contribution is 2.24. The summed E-state index contributed by atoms with van der Waals surface area (Å²) < 4.78 is 6.25. The van der Waals surface area contributed by atoms with Crippen molar-refractivity contribution in [1.82, 2.24) is 14.5 Å². The van der Waals surface area contributed by atoms with E-state index < -0.39 is 29.0 Å². The Kier molecular flexibility index (Phi) is 6.60. The van der Waals surface area contributed by atoms with Gasteiger partial charge in [-0.2, -0.15) is 0 Å². The zero-order valence-corrected chi connectivity index (χ0v) is 19.1. The van der Waals surface area contributed by atoms with Crippen molar-refractivity contribution in [2.75, 3.05) is 31.4 Å². The van der Waals surface area contributed by atoms with Crippen LogP contribution in [0, 0.1) is 0 Å². The van der Waals surface area contributed by atoms with Crippen LogP contribution in [0.1, 0.15) is 36.6 Å². The molecule has 1 aliphatic rings. The number of carbonyl (C=O) groups is 3. The molecule has 4 rings (SSSR count). The van der Waals surface area contributed by atoms with E-state index in [1.807, 2.05) is 30.3 Å². The van der Waals surface area contributed by atoms with Crippen molar-refractivity contribution in [3.8, 4) is 0 Å². The SMILES string of the molecule is COCCn1c(NC(=O)c2ccc3c(c2)C(=O)N(C)C3=O)c(NCc2ccccc2)c(=O)[nH]c1=O. The highest BCUT2D eigenvalue weighted by molar-refractivity contribution is 6.22. The van der Waals surface area contributed by atoms with Crippen LogP contribution in [0.5, 0.6) is 0 Å². The smallest absolute Gasteiger partial charge is 0.330 e. The van der Waals surface area contributed by atoms with Gasteiger partial charge in [0.1, 0.15) is 11.5 Å². The summed E-state index contributed by atoms with van der Waals surface area (Å²) in [5.74, 6) is -1.68. The van der Waals surface area contributed by atoms with Crippen LogP contribution < -0.4 is 21.9 Å². The minimum Gasteiger partial charge on any atom is -0.383 e. The molecule has 0 bridgehead atoms. The van der Waals surface area contributed by atoms with E-state index in [0.29, 0.717) is 0 Å². The highest BCUT2D eigenvalue weighted by Gasteiger charge is 2.33. The van der Waals surface area contributed by atoms with E-state index in [1.165, 1.54) is 36.9 Å². The van der Waals surface area contributed by atoms with Gasteiger partial charge in [0.15, 0.2) is 0 Å². The molecule has 1 aromatic heterocycles. The number of anilines is 2. The van der Waals surface area contributed by atoms with Crippen LogP contribution in [-0.2, 0) is 17.8 Å². The number of nitrogens with zero attached hydrogens (tertiary/aromatic N) is 2. The number of carbonyl (C=O) groups excluding carboxylic acids is 3. The molecule has 0 fully saturated rings. The molecule has 0 radical (unpaired) electrons. The molecule has 2 heterocycles. The van der Waals surface area contributed by atoms with E-state index in [1.54, 1.807) is 0 Å². The number of fused-ring (bicyclic) bond motifs is 1. The molecule has 0 unspecified atom stereocenters. The Bertz CT molecular complexity index is 1430. The van der Waals surface area contributed by atoms with Crippen molar-refractivity contribution in [2.24, 2.45) is 0 Å². The predicted octanol–water partition coefficient (Wildman–Crippen LogP) is 1.27. The summed E-state index contributed by atoms with van der Waals surface area (Å²) >= 11 is 0. The minimum atomic E-state index is -0.719. The molecule has 35 heavy (non-hydrogen) atoms. The van der Waals surface area contributed by atoms with Crippen molar-refractivity contribution < 1.29 is 19.1 Å². The number of aromatic amines is 1. The molecule has 0 saturated carbocycles. The van der Waals surface area contributed by atoms with E-state index in [0.717, 1.165) is 10.5 Å². The maximum absolute atomic E-state index is 13.2. The van der Waals surface area contributed by atoms with Crippen LogP contribution in [0.25, 0.3) is 0 Å². The number of benzene rings is 2. The number of aromatic nitrogens is 2. The summed E-state index contributed by atoms with van der Waals surface area (Å²) in [6, 6.07) is 13.4. The summed E-state index contributed by atoms with van der Waals surface area (Å²) in [6.07, 6.45) is 0. The number of hydrogen-bond donors (Lipinski definition) is 3. The van der Waals surface area contributed by atoms with Gasteiger partial charge in [-0.05, 0) is 23.8 Å². The van der Waals surface area contributed by atoms with Crippen LogP contribution in [0.15, 0.2) is 58.1 Å². The number of H-pyrrole nitrogens is 1. The van der Waals surface area contributed by atoms with E-state index in [4.69, 9.17) is 4.74 Å². The first-order valence-electron chi connectivity index (χ1n) is 10.7. The number of hydrogen-bond acceptors (Lipinski definition) is 7. The molecule has 11 nitrogen and oxygen atoms in total. The second kappa shape index (κ2) is 9.77. The fraction of sp³-hybridized carbons (Fsp3) is 0.208. The Balaban J connectivity index is 1.71. The predicted molar refractivity (Wildman–Crippen MR) is 128 cm³/mol. The number of ether oxygens (including phenoxy) is 1. The summed E-state index contributed by atoms with van der Waals surface area (Å²) in [7, 11) is 2.82. The van der Waals surface area contributed by atoms with Gasteiger partial charge in [0.25, 0.3) is 23.3 Å². The average molecular weight is 477 g/mol. The Morgan fingerprint density at radius 2 is 1.71 bits per heavy atom. The molecular weight excluding hydrogens is 454 g/mol. The van der Waals surface area contributed by atoms with Crippen LogP contribution in [0.2, 0.25) is 0 Å². The van der Waals surface area contributed by atoms with Crippen molar-refractivity contribution >= 4 is 29.2 Å². The maximum Gasteiger partial charge on any atom is 0.330 e. The normalized spacial score (nSPS) is 12.6. The van der Waals surface area contributed by atoms with E-state index in [-0.39, 0.29) is 47.9 Å². The molecule has 3 aromatic rings. The monoisotopic (exact) mass is 477 g/mol. The first-order valence-corrected chi connectivity index (χ1v) is 10.7. The topological polar surface area (TPSA) is 143 Å². The third-order valence-corrected chi connectivity index (χ3v) is 5.61. The lowest BCUT2D eigenvalue weighted by Crippen LogP contribution is -2.36. The average Bonchev–Trinajstić information content (AvgIpc) is 3.07. The van der Waals surface area contributed by atoms with Gasteiger partial charge in [-0.15, -0.1) is 0 Å². The molecular formula is C24H23N5O6. The first-order chi connectivity index (χ1) is 16.8. The Morgan fingerprint density at radius 3 is 2.43 bits per heavy atom. The third kappa shape index (κ3) is 4.62. The summed E-state index contributed by atoms with van der Waals surface area (Å²) in [4.78, 5) is 66.1. The molecule has 180 valence electrons. The molecule has 0 atom stereocenters. The van der Waals surface area contributed by atoms with Gasteiger partial charge in [0.2, 0.25) is 0 Å². The lowest BCUT2D eigenvalue weighted by atomic mass is 10.1. The Labute approximate surface area is 199 Å². The van der Waals surface area contributed by atoms with Gasteiger partial charge < -0.3 is 15.4 Å². The molecule has 0 aliphatic carbocycles. The first kappa shape index (κ1) is 23.6. The van der Waals surface area contributed by atoms with Gasteiger partial charge >= 0.3 is 5.69 Å². The van der Waals surface area contributed by atoms with Gasteiger partial charge in [0.05, 0.1) is 24.3 Å². The lowest BCUT2D eigenvalue weighted by Gasteiger charge is -2.18. The van der Waals surface area contributed by atoms with Crippen LogP contribution in [0.3, 0.4) is 0 Å². The second-order valence-corrected chi connectivity index (χ2v) is 7.85. The molecule has 1 aliphatic heterocycles. The number of amides is 3. The molecule has 0 spiro atoms. The standard InChI is InChI=1S/C24H23N5O6/c1-28-22(32)16-9-8-15(12-17(16)23(28)33)20(30)26-19-18(25-13-14-6-4-3-5-7-14)21(31)27-24(34)29(19)10-11-35-2/h3-9,12,25H,10-11,13H2,1-2H3,(H,26,30)(H,27,31,34). The third-order valence-electron chi connectivity index (χ3n) is 5.61. The van der Waals surface area contributed by atoms with Gasteiger partial charge in [-0.25, -0.2) is 4.79 Å². The molecule has 3 N–H and O–H groups in total. The zero-order valence-electron chi connectivity index (χ0n) is 19.1. The Hall–Kier alpha value is -4.51. The van der Waals surface area contributed by atoms with Crippen molar-refractivity contribution in [1.29, 1.82) is 0 Å². The Morgan fingerprint density at radius 1 is 1.00 bits per heavy atom. The minimum absolute atomic E-state index is 0.00921. The number of methoxy groups -OCH3 is 1. The van der Waals surface area contributed by atoms with Crippen LogP contribution in [-0.4, -0.2) is 52.9 Å². The van der Waals surface area contributed by atoms with Crippen LogP contribution >= 0.6 is 0 Å². The quantitative estimate of drug-likeness (QED) is 0.415. The molecule has 2 aromatic carbocycles. The largest absolute Gasteiger partial charge is 0.383 e. The van der Waals surface area contributed by atoms with Crippen molar-refractivity contribution in [3.05, 3.63) is 91.6 Å². The second-order valence-electron chi connectivity index (χ2n) is 7.85. The summed E-state index contributed by atoms with van der Waals surface area (Å²) in [6.45, 7) is 0.468. The number of nitrogens with one attached hydrogen (secondary N) is 3. The fourth-order valence-electron chi connectivity index (χ4n) is 3.73. The van der Waals surface area contributed by atoms with Gasteiger partial charge in [-0.1, -0.05) is 30.3 Å². The van der Waals surface area contributed by atoms with Crippen LogP contribution in [0.4, 0.5) is 11.5 Å². The van der Waals surface area contributed by atoms with Crippen molar-refractivity contribution in [3.63, 3.8) is 0 Å². The van der Waals surface area contributed by atoms with E-state index >= 15 is 0 Å². The molecule has 11 heteroatoms. The van der Waals surface area contributed by atoms with E-state index in [2.05, 4.69) is 15.6 Å². The lowest BCUT2D eigenvalue weighted by molar-refractivity contribution is 0.0693. The summed E-state index contributed by atoms with van der Waals surface area (Å²) in [5, 5.41) is 5.62. The van der Waals surface area contributed by atoms with E-state index in [9.17, 15) is 24.0 Å². The van der Waals surface area contributed by atoms with Gasteiger partial charge in [-0.3, -0.25) is 33.6 Å². The fourth-order valence-corrected chi connectivity index (χ4v) is 3.73. The zero-order chi connectivity index (χ0) is 25.1. The molecule has 0 saturated heterocycles. The summed E-state index contributed by atoms with van der Waals surface area (Å²) in [5.41, 5.74) is -0.159.